The first-order valence-corrected chi connectivity index (χ1v) is 10.3. The normalized spacial score (nSPS) is 21.9. The number of benzene rings is 2. The van der Waals surface area contributed by atoms with Crippen LogP contribution in [0.25, 0.3) is 11.1 Å². The van der Waals surface area contributed by atoms with Crippen LogP contribution < -0.4 is 0 Å². The van der Waals surface area contributed by atoms with Gasteiger partial charge in [-0.05, 0) is 42.9 Å². The van der Waals surface area contributed by atoms with Gasteiger partial charge in [-0.1, -0.05) is 59.8 Å². The van der Waals surface area contributed by atoms with Crippen molar-refractivity contribution in [3.8, 4) is 11.1 Å². The van der Waals surface area contributed by atoms with Crippen molar-refractivity contribution in [2.45, 2.75) is 38.9 Å². The molecule has 2 aromatic rings. The second-order valence-electron chi connectivity index (χ2n) is 7.69. The summed E-state index contributed by atoms with van der Waals surface area (Å²) in [5.74, 6) is -2.38. The molecule has 1 saturated heterocycles. The molecule has 1 aliphatic rings. The zero-order valence-corrected chi connectivity index (χ0v) is 17.5. The molecule has 0 unspecified atom stereocenters. The van der Waals surface area contributed by atoms with Crippen molar-refractivity contribution in [3.63, 3.8) is 0 Å². The van der Waals surface area contributed by atoms with Gasteiger partial charge in [0.2, 0.25) is 0 Å². The fraction of sp³-hybridized carbons (Fsp3) is 0.417. The molecule has 3 rings (SSSR count). The van der Waals surface area contributed by atoms with E-state index >= 15 is 0 Å². The van der Waals surface area contributed by atoms with Gasteiger partial charge in [-0.25, -0.2) is 4.79 Å². The van der Waals surface area contributed by atoms with Gasteiger partial charge in [0.05, 0.1) is 18.9 Å². The van der Waals surface area contributed by atoms with Gasteiger partial charge in [0.25, 0.3) is 5.79 Å². The van der Waals surface area contributed by atoms with Gasteiger partial charge in [-0.15, -0.1) is 0 Å². The van der Waals surface area contributed by atoms with Crippen molar-refractivity contribution in [1.29, 1.82) is 0 Å². The lowest BCUT2D eigenvalue weighted by Gasteiger charge is -2.34. The number of unbranched alkanes of at least 4 members (excludes halogenated alkanes) is 1. The molecule has 6 nitrogen and oxygen atoms in total. The van der Waals surface area contributed by atoms with Crippen LogP contribution in [0.3, 0.4) is 0 Å². The van der Waals surface area contributed by atoms with Crippen LogP contribution in [0, 0.1) is 5.92 Å². The average molecular weight is 411 g/mol. The van der Waals surface area contributed by atoms with Gasteiger partial charge in [-0.3, -0.25) is 0 Å². The predicted molar refractivity (Wildman–Crippen MR) is 115 cm³/mol. The standard InChI is InChI=1S/C24H29NO5/c1-18(20-11-13-22(14-12-20)21-9-4-3-5-10-21)25-30-15-7-6-8-19-16-28-24(2,23(26)27)29-17-19/h3-5,9-14,19H,6-8,15-17H2,1-2H3,(H,26,27). The summed E-state index contributed by atoms with van der Waals surface area (Å²) in [7, 11) is 0. The molecular weight excluding hydrogens is 382 g/mol. The van der Waals surface area contributed by atoms with Crippen molar-refractivity contribution in [2.75, 3.05) is 19.8 Å². The molecule has 1 N–H and O–H groups in total. The number of carboxylic acids is 1. The van der Waals surface area contributed by atoms with Gasteiger partial charge in [0, 0.05) is 12.8 Å². The number of aliphatic carboxylic acids is 1. The molecule has 0 spiro atoms. The fourth-order valence-corrected chi connectivity index (χ4v) is 3.26. The highest BCUT2D eigenvalue weighted by molar-refractivity contribution is 5.98. The summed E-state index contributed by atoms with van der Waals surface area (Å²) in [5, 5.41) is 13.3. The molecule has 2 aromatic carbocycles. The third kappa shape index (κ3) is 5.90. The number of oxime groups is 1. The topological polar surface area (TPSA) is 77.4 Å². The summed E-state index contributed by atoms with van der Waals surface area (Å²) in [6.07, 6.45) is 2.72. The van der Waals surface area contributed by atoms with Crippen LogP contribution in [0.5, 0.6) is 0 Å². The number of hydrogen-bond acceptors (Lipinski definition) is 5. The van der Waals surface area contributed by atoms with Gasteiger partial charge in [0.15, 0.2) is 0 Å². The summed E-state index contributed by atoms with van der Waals surface area (Å²) in [4.78, 5) is 16.5. The quantitative estimate of drug-likeness (QED) is 0.367. The van der Waals surface area contributed by atoms with E-state index in [1.54, 1.807) is 0 Å². The average Bonchev–Trinajstić information content (AvgIpc) is 2.78. The van der Waals surface area contributed by atoms with E-state index in [0.29, 0.717) is 19.8 Å². The summed E-state index contributed by atoms with van der Waals surface area (Å²) >= 11 is 0. The fourth-order valence-electron chi connectivity index (χ4n) is 3.26. The first-order chi connectivity index (χ1) is 14.5. The monoisotopic (exact) mass is 411 g/mol. The lowest BCUT2D eigenvalue weighted by Crippen LogP contribution is -2.47. The Kier molecular flexibility index (Phi) is 7.60. The maximum Gasteiger partial charge on any atom is 0.364 e. The number of carbonyl (C=O) groups is 1. The van der Waals surface area contributed by atoms with E-state index in [4.69, 9.17) is 19.4 Å². The maximum atomic E-state index is 11.1. The Bertz CT molecular complexity index is 840. The molecule has 0 amide bonds. The Hall–Kier alpha value is -2.70. The molecule has 6 heteroatoms. The second kappa shape index (κ2) is 10.4. The first-order valence-electron chi connectivity index (χ1n) is 10.3. The van der Waals surface area contributed by atoms with Crippen LogP contribution in [-0.2, 0) is 19.1 Å². The summed E-state index contributed by atoms with van der Waals surface area (Å²) in [6.45, 7) is 4.73. The molecule has 30 heavy (non-hydrogen) atoms. The van der Waals surface area contributed by atoms with Crippen LogP contribution in [0.15, 0.2) is 59.8 Å². The third-order valence-corrected chi connectivity index (χ3v) is 5.29. The Balaban J connectivity index is 1.35. The highest BCUT2D eigenvalue weighted by Crippen LogP contribution is 2.24. The zero-order valence-electron chi connectivity index (χ0n) is 17.5. The number of carboxylic acid groups (broad SMARTS) is 1. The van der Waals surface area contributed by atoms with Crippen molar-refractivity contribution < 1.29 is 24.2 Å². The smallest absolute Gasteiger partial charge is 0.364 e. The molecule has 0 saturated carbocycles. The number of ether oxygens (including phenoxy) is 2. The van der Waals surface area contributed by atoms with E-state index in [0.717, 1.165) is 30.5 Å². The molecular formula is C24H29NO5. The van der Waals surface area contributed by atoms with Gasteiger partial charge >= 0.3 is 5.97 Å². The molecule has 1 aliphatic heterocycles. The third-order valence-electron chi connectivity index (χ3n) is 5.29. The highest BCUT2D eigenvalue weighted by Gasteiger charge is 2.40. The second-order valence-corrected chi connectivity index (χ2v) is 7.69. The van der Waals surface area contributed by atoms with E-state index < -0.39 is 11.8 Å². The summed E-state index contributed by atoms with van der Waals surface area (Å²) < 4.78 is 10.7. The Morgan fingerprint density at radius 1 is 1.07 bits per heavy atom. The Morgan fingerprint density at radius 2 is 1.70 bits per heavy atom. The minimum Gasteiger partial charge on any atom is -0.477 e. The van der Waals surface area contributed by atoms with Gasteiger partial charge in [-0.2, -0.15) is 0 Å². The minimum absolute atomic E-state index is 0.214. The number of nitrogens with zero attached hydrogens (tertiary/aromatic N) is 1. The molecule has 0 bridgehead atoms. The Morgan fingerprint density at radius 3 is 2.33 bits per heavy atom. The number of hydrogen-bond donors (Lipinski definition) is 1. The van der Waals surface area contributed by atoms with Crippen LogP contribution in [-0.4, -0.2) is 42.4 Å². The maximum absolute atomic E-state index is 11.1. The van der Waals surface area contributed by atoms with Crippen molar-refractivity contribution in [3.05, 3.63) is 60.2 Å². The Labute approximate surface area is 177 Å². The van der Waals surface area contributed by atoms with E-state index in [1.807, 2.05) is 25.1 Å². The first kappa shape index (κ1) is 22.0. The van der Waals surface area contributed by atoms with Gasteiger partial charge < -0.3 is 19.4 Å². The van der Waals surface area contributed by atoms with Crippen LogP contribution in [0.4, 0.5) is 0 Å². The molecule has 0 aliphatic carbocycles. The van der Waals surface area contributed by atoms with Crippen molar-refractivity contribution in [1.82, 2.24) is 0 Å². The van der Waals surface area contributed by atoms with E-state index in [2.05, 4.69) is 41.6 Å². The van der Waals surface area contributed by atoms with Gasteiger partial charge in [0.1, 0.15) is 6.61 Å². The van der Waals surface area contributed by atoms with E-state index in [-0.39, 0.29) is 5.92 Å². The van der Waals surface area contributed by atoms with E-state index in [1.165, 1.54) is 18.1 Å². The molecule has 0 radical (unpaired) electrons. The number of rotatable bonds is 9. The van der Waals surface area contributed by atoms with Crippen LogP contribution in [0.2, 0.25) is 0 Å². The summed E-state index contributed by atoms with van der Waals surface area (Å²) in [6, 6.07) is 18.6. The molecule has 1 fully saturated rings. The van der Waals surface area contributed by atoms with E-state index in [9.17, 15) is 4.79 Å². The largest absolute Gasteiger partial charge is 0.477 e. The van der Waals surface area contributed by atoms with Crippen LogP contribution in [0.1, 0.15) is 38.7 Å². The lowest BCUT2D eigenvalue weighted by molar-refractivity contribution is -0.271. The molecule has 0 atom stereocenters. The zero-order chi connectivity index (χ0) is 21.4. The molecule has 160 valence electrons. The van der Waals surface area contributed by atoms with Crippen molar-refractivity contribution in [2.24, 2.45) is 11.1 Å². The summed E-state index contributed by atoms with van der Waals surface area (Å²) in [5.41, 5.74) is 4.24. The molecule has 1 heterocycles. The van der Waals surface area contributed by atoms with Crippen LogP contribution >= 0.6 is 0 Å². The minimum atomic E-state index is -1.51. The highest BCUT2D eigenvalue weighted by atomic mass is 16.7. The lowest BCUT2D eigenvalue weighted by atomic mass is 10.0. The van der Waals surface area contributed by atoms with Crippen molar-refractivity contribution >= 4 is 11.7 Å². The SMILES string of the molecule is CC(=NOCCCCC1COC(C)(C(=O)O)OC1)c1ccc(-c2ccccc2)cc1. The molecule has 0 aromatic heterocycles. The predicted octanol–water partition coefficient (Wildman–Crippen LogP) is 4.73.